The lowest BCUT2D eigenvalue weighted by Gasteiger charge is -2.23. The summed E-state index contributed by atoms with van der Waals surface area (Å²) >= 11 is 0. The van der Waals surface area contributed by atoms with Crippen molar-refractivity contribution in [2.45, 2.75) is 24.2 Å². The Labute approximate surface area is 99.0 Å². The van der Waals surface area contributed by atoms with Gasteiger partial charge in [-0.3, -0.25) is 0 Å². The van der Waals surface area contributed by atoms with E-state index < -0.39 is 33.5 Å². The summed E-state index contributed by atoms with van der Waals surface area (Å²) in [6.07, 6.45) is 0.912. The minimum Gasteiger partial charge on any atom is -0.395 e. The summed E-state index contributed by atoms with van der Waals surface area (Å²) in [4.78, 5) is -0.298. The average molecular weight is 264 g/mol. The molecule has 1 N–H and O–H groups in total. The van der Waals surface area contributed by atoms with E-state index in [0.29, 0.717) is 6.07 Å². The van der Waals surface area contributed by atoms with Gasteiger partial charge in [0.05, 0.1) is 11.5 Å². The van der Waals surface area contributed by atoms with Crippen LogP contribution in [0.4, 0.5) is 8.78 Å². The van der Waals surface area contributed by atoms with Gasteiger partial charge in [0.15, 0.2) is 21.5 Å². The van der Waals surface area contributed by atoms with E-state index in [9.17, 15) is 17.2 Å². The van der Waals surface area contributed by atoms with Crippen molar-refractivity contribution in [3.8, 4) is 0 Å². The van der Waals surface area contributed by atoms with Crippen LogP contribution in [-0.2, 0) is 15.3 Å². The minimum atomic E-state index is -3.62. The monoisotopic (exact) mass is 264 g/mol. The first-order chi connectivity index (χ1) is 7.59. The van der Waals surface area contributed by atoms with E-state index in [0.717, 1.165) is 12.3 Å². The van der Waals surface area contributed by atoms with Crippen LogP contribution in [0.15, 0.2) is 17.0 Å². The lowest BCUT2D eigenvalue weighted by Crippen LogP contribution is -2.24. The van der Waals surface area contributed by atoms with Gasteiger partial charge < -0.3 is 5.11 Å². The molecule has 0 amide bonds. The molecule has 0 fully saturated rings. The Kier molecular flexibility index (Phi) is 3.59. The summed E-state index contributed by atoms with van der Waals surface area (Å²) in [6, 6.07) is 1.70. The first-order valence-electron chi connectivity index (χ1n) is 4.90. The molecule has 3 nitrogen and oxygen atoms in total. The topological polar surface area (TPSA) is 54.4 Å². The molecule has 1 aromatic rings. The van der Waals surface area contributed by atoms with Crippen LogP contribution in [0.1, 0.15) is 19.4 Å². The SMILES string of the molecule is CC(C)(CO)c1cc(S(C)(=O)=O)cc(F)c1F. The molecule has 0 unspecified atom stereocenters. The minimum absolute atomic E-state index is 0.152. The van der Waals surface area contributed by atoms with Gasteiger partial charge in [0.2, 0.25) is 0 Å². The maximum atomic E-state index is 13.6. The van der Waals surface area contributed by atoms with Crippen LogP contribution in [0.25, 0.3) is 0 Å². The van der Waals surface area contributed by atoms with Crippen LogP contribution in [0.5, 0.6) is 0 Å². The van der Waals surface area contributed by atoms with Crippen molar-refractivity contribution >= 4 is 9.84 Å². The molecule has 1 aromatic carbocycles. The van der Waals surface area contributed by atoms with E-state index in [2.05, 4.69) is 0 Å². The highest BCUT2D eigenvalue weighted by Gasteiger charge is 2.27. The van der Waals surface area contributed by atoms with Crippen molar-refractivity contribution in [1.29, 1.82) is 0 Å². The summed E-state index contributed by atoms with van der Waals surface area (Å²) in [5, 5.41) is 9.12. The van der Waals surface area contributed by atoms with E-state index in [1.165, 1.54) is 13.8 Å². The van der Waals surface area contributed by atoms with E-state index in [-0.39, 0.29) is 10.5 Å². The molecule has 96 valence electrons. The smallest absolute Gasteiger partial charge is 0.175 e. The zero-order chi connectivity index (χ0) is 13.4. The predicted molar refractivity (Wildman–Crippen MR) is 59.6 cm³/mol. The Bertz CT molecular complexity index is 536. The van der Waals surface area contributed by atoms with Crippen LogP contribution < -0.4 is 0 Å². The number of aliphatic hydroxyl groups is 1. The highest BCUT2D eigenvalue weighted by Crippen LogP contribution is 2.29. The normalized spacial score (nSPS) is 12.8. The fraction of sp³-hybridized carbons (Fsp3) is 0.455. The van der Waals surface area contributed by atoms with E-state index in [1.807, 2.05) is 0 Å². The van der Waals surface area contributed by atoms with Gasteiger partial charge in [-0.25, -0.2) is 17.2 Å². The Morgan fingerprint density at radius 2 is 1.82 bits per heavy atom. The van der Waals surface area contributed by atoms with Crippen LogP contribution in [0.3, 0.4) is 0 Å². The molecule has 0 atom stereocenters. The largest absolute Gasteiger partial charge is 0.395 e. The molecule has 0 aromatic heterocycles. The summed E-state index contributed by atoms with van der Waals surface area (Å²) < 4.78 is 49.5. The predicted octanol–water partition coefficient (Wildman–Crippen LogP) is 1.64. The maximum Gasteiger partial charge on any atom is 0.175 e. The third-order valence-electron chi connectivity index (χ3n) is 2.55. The van der Waals surface area contributed by atoms with Gasteiger partial charge >= 0.3 is 0 Å². The van der Waals surface area contributed by atoms with Crippen LogP contribution in [0.2, 0.25) is 0 Å². The maximum absolute atomic E-state index is 13.6. The van der Waals surface area contributed by atoms with Gasteiger partial charge in [-0.2, -0.15) is 0 Å². The summed E-state index contributed by atoms with van der Waals surface area (Å²) in [5.74, 6) is -2.36. The van der Waals surface area contributed by atoms with Gasteiger partial charge in [0.1, 0.15) is 0 Å². The number of sulfone groups is 1. The molecule has 0 aliphatic rings. The zero-order valence-electron chi connectivity index (χ0n) is 9.79. The first-order valence-corrected chi connectivity index (χ1v) is 6.79. The molecular weight excluding hydrogens is 250 g/mol. The molecular formula is C11H14F2O3S. The van der Waals surface area contributed by atoms with Crippen molar-refractivity contribution in [2.24, 2.45) is 0 Å². The summed E-state index contributed by atoms with van der Waals surface area (Å²) in [6.45, 7) is 2.57. The Balaban J connectivity index is 3.57. The average Bonchev–Trinajstić information content (AvgIpc) is 2.20. The van der Waals surface area contributed by atoms with Gasteiger partial charge in [-0.05, 0) is 12.1 Å². The van der Waals surface area contributed by atoms with Crippen LogP contribution in [-0.4, -0.2) is 26.4 Å². The molecule has 0 aliphatic heterocycles. The molecule has 0 radical (unpaired) electrons. The Morgan fingerprint density at radius 3 is 2.24 bits per heavy atom. The highest BCUT2D eigenvalue weighted by molar-refractivity contribution is 7.90. The van der Waals surface area contributed by atoms with Crippen molar-refractivity contribution < 1.29 is 22.3 Å². The van der Waals surface area contributed by atoms with E-state index in [4.69, 9.17) is 5.11 Å². The molecule has 1 rings (SSSR count). The lowest BCUT2D eigenvalue weighted by molar-refractivity contribution is 0.213. The first kappa shape index (κ1) is 14.1. The molecule has 0 heterocycles. The van der Waals surface area contributed by atoms with Gasteiger partial charge in [0.25, 0.3) is 0 Å². The quantitative estimate of drug-likeness (QED) is 0.844. The van der Waals surface area contributed by atoms with Crippen molar-refractivity contribution in [3.63, 3.8) is 0 Å². The second-order valence-electron chi connectivity index (χ2n) is 4.58. The van der Waals surface area contributed by atoms with Crippen molar-refractivity contribution in [2.75, 3.05) is 12.9 Å². The second kappa shape index (κ2) is 4.34. The molecule has 6 heteroatoms. The summed E-state index contributed by atoms with van der Waals surface area (Å²) in [7, 11) is -3.62. The standard InChI is InChI=1S/C11H14F2O3S/c1-11(2,6-14)8-4-7(17(3,15)16)5-9(12)10(8)13/h4-5,14H,6H2,1-3H3. The fourth-order valence-corrected chi connectivity index (χ4v) is 2.01. The van der Waals surface area contributed by atoms with Gasteiger partial charge in [-0.15, -0.1) is 0 Å². The molecule has 0 aliphatic carbocycles. The number of hydrogen-bond donors (Lipinski definition) is 1. The number of rotatable bonds is 3. The third kappa shape index (κ3) is 2.81. The van der Waals surface area contributed by atoms with Gasteiger partial charge in [0, 0.05) is 17.2 Å². The molecule has 17 heavy (non-hydrogen) atoms. The molecule has 0 saturated carbocycles. The number of hydrogen-bond acceptors (Lipinski definition) is 3. The number of halogens is 2. The number of aliphatic hydroxyl groups excluding tert-OH is 1. The van der Waals surface area contributed by atoms with E-state index >= 15 is 0 Å². The second-order valence-corrected chi connectivity index (χ2v) is 6.60. The van der Waals surface area contributed by atoms with Crippen LogP contribution >= 0.6 is 0 Å². The summed E-state index contributed by atoms with van der Waals surface area (Å²) in [5.41, 5.74) is -1.20. The van der Waals surface area contributed by atoms with Crippen LogP contribution in [0, 0.1) is 11.6 Å². The molecule has 0 saturated heterocycles. The van der Waals surface area contributed by atoms with Crippen molar-refractivity contribution in [1.82, 2.24) is 0 Å². The zero-order valence-corrected chi connectivity index (χ0v) is 10.6. The fourth-order valence-electron chi connectivity index (χ4n) is 1.36. The molecule has 0 spiro atoms. The van der Waals surface area contributed by atoms with E-state index in [1.54, 1.807) is 0 Å². The number of benzene rings is 1. The third-order valence-corrected chi connectivity index (χ3v) is 3.65. The Hall–Kier alpha value is -1.01. The van der Waals surface area contributed by atoms with Crippen molar-refractivity contribution in [3.05, 3.63) is 29.3 Å². The van der Waals surface area contributed by atoms with Gasteiger partial charge in [-0.1, -0.05) is 13.8 Å². The highest BCUT2D eigenvalue weighted by atomic mass is 32.2. The lowest BCUT2D eigenvalue weighted by atomic mass is 9.85. The Morgan fingerprint density at radius 1 is 1.29 bits per heavy atom. The molecule has 0 bridgehead atoms.